The van der Waals surface area contributed by atoms with Crippen molar-refractivity contribution in [1.29, 1.82) is 0 Å². The van der Waals surface area contributed by atoms with E-state index < -0.39 is 0 Å². The summed E-state index contributed by atoms with van der Waals surface area (Å²) in [5.74, 6) is 1.55. The highest BCUT2D eigenvalue weighted by molar-refractivity contribution is 5.79. The number of benzene rings is 1. The van der Waals surface area contributed by atoms with E-state index in [-0.39, 0.29) is 18.4 Å². The van der Waals surface area contributed by atoms with E-state index in [1.807, 2.05) is 47.4 Å². The molecular formula is C19H22N2O4. The number of para-hydroxylation sites is 1. The molecule has 0 bridgehead atoms. The van der Waals surface area contributed by atoms with Gasteiger partial charge in [0.1, 0.15) is 11.5 Å². The molecule has 6 nitrogen and oxygen atoms in total. The molecule has 2 aromatic rings. The molecule has 0 aliphatic carbocycles. The van der Waals surface area contributed by atoms with E-state index in [9.17, 15) is 9.59 Å². The Bertz CT molecular complexity index is 677. The minimum absolute atomic E-state index is 0.0243. The van der Waals surface area contributed by atoms with Crippen LogP contribution in [0, 0.1) is 0 Å². The molecule has 0 N–H and O–H groups in total. The van der Waals surface area contributed by atoms with Gasteiger partial charge in [-0.25, -0.2) is 0 Å². The summed E-state index contributed by atoms with van der Waals surface area (Å²) in [7, 11) is 0. The first-order valence-corrected chi connectivity index (χ1v) is 8.48. The molecule has 2 heterocycles. The molecular weight excluding hydrogens is 320 g/mol. The van der Waals surface area contributed by atoms with Crippen LogP contribution in [-0.4, -0.2) is 54.4 Å². The number of piperazine rings is 1. The number of hydrogen-bond acceptors (Lipinski definition) is 4. The monoisotopic (exact) mass is 342 g/mol. The maximum atomic E-state index is 12.2. The summed E-state index contributed by atoms with van der Waals surface area (Å²) in [5.41, 5.74) is 0. The lowest BCUT2D eigenvalue weighted by Gasteiger charge is -2.34. The summed E-state index contributed by atoms with van der Waals surface area (Å²) in [6, 6.07) is 13.0. The second kappa shape index (κ2) is 8.37. The molecule has 0 saturated carbocycles. The van der Waals surface area contributed by atoms with Crippen molar-refractivity contribution >= 4 is 11.8 Å². The smallest absolute Gasteiger partial charge is 0.260 e. The van der Waals surface area contributed by atoms with Gasteiger partial charge in [-0.05, 0) is 24.3 Å². The van der Waals surface area contributed by atoms with Gasteiger partial charge in [-0.2, -0.15) is 0 Å². The number of furan rings is 1. The number of aryl methyl sites for hydroxylation is 1. The van der Waals surface area contributed by atoms with Crippen LogP contribution in [0.1, 0.15) is 12.2 Å². The van der Waals surface area contributed by atoms with Crippen molar-refractivity contribution in [2.75, 3.05) is 32.8 Å². The number of ether oxygens (including phenoxy) is 1. The van der Waals surface area contributed by atoms with Crippen LogP contribution in [0.4, 0.5) is 0 Å². The molecule has 1 saturated heterocycles. The molecule has 3 rings (SSSR count). The van der Waals surface area contributed by atoms with Crippen molar-refractivity contribution in [1.82, 2.24) is 9.80 Å². The molecule has 2 amide bonds. The number of rotatable bonds is 6. The molecule has 1 aromatic carbocycles. The molecule has 1 aromatic heterocycles. The molecule has 1 aliphatic heterocycles. The second-order valence-corrected chi connectivity index (χ2v) is 5.94. The van der Waals surface area contributed by atoms with Gasteiger partial charge in [0.15, 0.2) is 6.61 Å². The predicted octanol–water partition coefficient (Wildman–Crippen LogP) is 1.96. The molecule has 1 aliphatic rings. The van der Waals surface area contributed by atoms with Gasteiger partial charge in [0, 0.05) is 39.0 Å². The first kappa shape index (κ1) is 17.1. The third-order valence-corrected chi connectivity index (χ3v) is 4.26. The Labute approximate surface area is 147 Å². The fourth-order valence-corrected chi connectivity index (χ4v) is 2.80. The first-order chi connectivity index (χ1) is 12.2. The third kappa shape index (κ3) is 4.86. The highest BCUT2D eigenvalue weighted by Crippen LogP contribution is 2.11. The molecule has 0 spiro atoms. The Kier molecular flexibility index (Phi) is 5.72. The number of hydrogen-bond donors (Lipinski definition) is 0. The Morgan fingerprint density at radius 1 is 0.920 bits per heavy atom. The third-order valence-electron chi connectivity index (χ3n) is 4.26. The minimum atomic E-state index is -0.0495. The van der Waals surface area contributed by atoms with Crippen LogP contribution >= 0.6 is 0 Å². The van der Waals surface area contributed by atoms with E-state index in [2.05, 4.69) is 0 Å². The standard InChI is InChI=1S/C19H22N2O4/c22-18(9-8-17-7-4-14-24-17)20-10-12-21(13-11-20)19(23)15-25-16-5-2-1-3-6-16/h1-7,14H,8-13,15H2. The maximum absolute atomic E-state index is 12.2. The summed E-state index contributed by atoms with van der Waals surface area (Å²) in [6.45, 7) is 2.24. The Balaban J connectivity index is 1.38. The molecule has 6 heteroatoms. The fourth-order valence-electron chi connectivity index (χ4n) is 2.80. The van der Waals surface area contributed by atoms with Crippen LogP contribution in [-0.2, 0) is 16.0 Å². The fraction of sp³-hybridized carbons (Fsp3) is 0.368. The first-order valence-electron chi connectivity index (χ1n) is 8.48. The zero-order valence-corrected chi connectivity index (χ0v) is 14.1. The van der Waals surface area contributed by atoms with E-state index in [4.69, 9.17) is 9.15 Å². The van der Waals surface area contributed by atoms with Gasteiger partial charge < -0.3 is 19.0 Å². The molecule has 25 heavy (non-hydrogen) atoms. The van der Waals surface area contributed by atoms with Gasteiger partial charge in [0.25, 0.3) is 5.91 Å². The summed E-state index contributed by atoms with van der Waals surface area (Å²) < 4.78 is 10.7. The van der Waals surface area contributed by atoms with Crippen LogP contribution < -0.4 is 4.74 Å². The Morgan fingerprint density at radius 2 is 1.60 bits per heavy atom. The molecule has 0 radical (unpaired) electrons. The maximum Gasteiger partial charge on any atom is 0.260 e. The van der Waals surface area contributed by atoms with Crippen LogP contribution in [0.5, 0.6) is 5.75 Å². The van der Waals surface area contributed by atoms with Crippen LogP contribution in [0.25, 0.3) is 0 Å². The number of carbonyl (C=O) groups is 2. The van der Waals surface area contributed by atoms with Crippen LogP contribution in [0.2, 0.25) is 0 Å². The van der Waals surface area contributed by atoms with Crippen molar-refractivity contribution in [2.45, 2.75) is 12.8 Å². The number of amides is 2. The highest BCUT2D eigenvalue weighted by atomic mass is 16.5. The zero-order chi connectivity index (χ0) is 17.5. The molecule has 0 unspecified atom stereocenters. The average molecular weight is 342 g/mol. The van der Waals surface area contributed by atoms with E-state index in [0.717, 1.165) is 5.76 Å². The van der Waals surface area contributed by atoms with Crippen LogP contribution in [0.3, 0.4) is 0 Å². The van der Waals surface area contributed by atoms with Gasteiger partial charge in [-0.1, -0.05) is 18.2 Å². The zero-order valence-electron chi connectivity index (χ0n) is 14.1. The lowest BCUT2D eigenvalue weighted by atomic mass is 10.2. The van der Waals surface area contributed by atoms with Gasteiger partial charge in [-0.15, -0.1) is 0 Å². The SMILES string of the molecule is O=C(CCc1ccco1)N1CCN(C(=O)COc2ccccc2)CC1. The van der Waals surface area contributed by atoms with E-state index in [0.29, 0.717) is 44.8 Å². The molecule has 1 fully saturated rings. The van der Waals surface area contributed by atoms with E-state index in [1.165, 1.54) is 0 Å². The largest absolute Gasteiger partial charge is 0.484 e. The van der Waals surface area contributed by atoms with Gasteiger partial charge in [0.2, 0.25) is 5.91 Å². The second-order valence-electron chi connectivity index (χ2n) is 5.94. The van der Waals surface area contributed by atoms with Crippen molar-refractivity contribution in [3.05, 3.63) is 54.5 Å². The highest BCUT2D eigenvalue weighted by Gasteiger charge is 2.24. The van der Waals surface area contributed by atoms with Crippen LogP contribution in [0.15, 0.2) is 53.1 Å². The minimum Gasteiger partial charge on any atom is -0.484 e. The lowest BCUT2D eigenvalue weighted by molar-refractivity contribution is -0.140. The normalized spacial score (nSPS) is 14.4. The number of carbonyl (C=O) groups excluding carboxylic acids is 2. The van der Waals surface area contributed by atoms with Crippen molar-refractivity contribution in [3.63, 3.8) is 0 Å². The quantitative estimate of drug-likeness (QED) is 0.805. The Morgan fingerprint density at radius 3 is 2.24 bits per heavy atom. The predicted molar refractivity (Wildman–Crippen MR) is 92.1 cm³/mol. The summed E-state index contributed by atoms with van der Waals surface area (Å²) in [4.78, 5) is 28.0. The Hall–Kier alpha value is -2.76. The van der Waals surface area contributed by atoms with Gasteiger partial charge >= 0.3 is 0 Å². The topological polar surface area (TPSA) is 63.0 Å². The van der Waals surface area contributed by atoms with Crippen molar-refractivity contribution < 1.29 is 18.7 Å². The summed E-state index contributed by atoms with van der Waals surface area (Å²) in [6.07, 6.45) is 2.65. The van der Waals surface area contributed by atoms with Crippen molar-refractivity contribution in [3.8, 4) is 5.75 Å². The average Bonchev–Trinajstić information content (AvgIpc) is 3.19. The molecule has 0 atom stereocenters. The lowest BCUT2D eigenvalue weighted by Crippen LogP contribution is -2.51. The van der Waals surface area contributed by atoms with Gasteiger partial charge in [-0.3, -0.25) is 9.59 Å². The summed E-state index contributed by atoms with van der Waals surface area (Å²) >= 11 is 0. The van der Waals surface area contributed by atoms with E-state index in [1.54, 1.807) is 11.2 Å². The van der Waals surface area contributed by atoms with Gasteiger partial charge in [0.05, 0.1) is 6.26 Å². The number of nitrogens with zero attached hydrogens (tertiary/aromatic N) is 2. The van der Waals surface area contributed by atoms with E-state index >= 15 is 0 Å². The molecule has 132 valence electrons. The summed E-state index contributed by atoms with van der Waals surface area (Å²) in [5, 5.41) is 0. The van der Waals surface area contributed by atoms with Crippen molar-refractivity contribution in [2.24, 2.45) is 0 Å².